The molecular formula is C11H20. The zero-order valence-electron chi connectivity index (χ0n) is 8.22. The summed E-state index contributed by atoms with van der Waals surface area (Å²) in [5, 5.41) is 0. The van der Waals surface area contributed by atoms with Crippen molar-refractivity contribution in [2.45, 2.75) is 40.5 Å². The Hall–Kier alpha value is -0.260. The Kier molecular flexibility index (Phi) is 2.75. The summed E-state index contributed by atoms with van der Waals surface area (Å²) in [6.45, 7) is 9.29. The third-order valence-corrected chi connectivity index (χ3v) is 3.22. The van der Waals surface area contributed by atoms with Gasteiger partial charge in [0.25, 0.3) is 0 Å². The molecule has 0 radical (unpaired) electrons. The molecule has 0 N–H and O–H groups in total. The Morgan fingerprint density at radius 1 is 1.45 bits per heavy atom. The normalized spacial score (nSPS) is 38.5. The minimum atomic E-state index is 0.804. The van der Waals surface area contributed by atoms with Gasteiger partial charge in [0, 0.05) is 0 Å². The molecule has 0 heteroatoms. The lowest BCUT2D eigenvalue weighted by molar-refractivity contribution is 0.332. The first-order valence-electron chi connectivity index (χ1n) is 4.83. The molecule has 0 bridgehead atoms. The third kappa shape index (κ3) is 1.85. The van der Waals surface area contributed by atoms with Crippen molar-refractivity contribution in [2.75, 3.05) is 0 Å². The van der Waals surface area contributed by atoms with E-state index in [0.717, 1.165) is 17.8 Å². The molecule has 0 aliphatic heterocycles. The van der Waals surface area contributed by atoms with Crippen LogP contribution in [0.1, 0.15) is 40.5 Å². The van der Waals surface area contributed by atoms with E-state index in [2.05, 4.69) is 33.8 Å². The summed E-state index contributed by atoms with van der Waals surface area (Å²) in [5.41, 5.74) is 1.62. The molecule has 0 fully saturated rings. The van der Waals surface area contributed by atoms with Crippen LogP contribution < -0.4 is 0 Å². The molecule has 64 valence electrons. The molecule has 0 saturated heterocycles. The van der Waals surface area contributed by atoms with Crippen molar-refractivity contribution in [1.82, 2.24) is 0 Å². The molecule has 0 nitrogen and oxygen atoms in total. The molecule has 0 aromatic heterocycles. The predicted molar refractivity (Wildman–Crippen MR) is 50.5 cm³/mol. The van der Waals surface area contributed by atoms with Crippen molar-refractivity contribution < 1.29 is 0 Å². The number of hydrogen-bond donors (Lipinski definition) is 0. The highest BCUT2D eigenvalue weighted by Gasteiger charge is 2.22. The van der Waals surface area contributed by atoms with Crippen LogP contribution in [0.2, 0.25) is 0 Å². The van der Waals surface area contributed by atoms with Gasteiger partial charge in [0.1, 0.15) is 0 Å². The van der Waals surface area contributed by atoms with Gasteiger partial charge in [-0.1, -0.05) is 32.4 Å². The summed E-state index contributed by atoms with van der Waals surface area (Å²) in [5.74, 6) is 2.57. The van der Waals surface area contributed by atoms with E-state index in [1.807, 2.05) is 0 Å². The predicted octanol–water partition coefficient (Wildman–Crippen LogP) is 3.63. The fraction of sp³-hybridized carbons (Fsp3) is 0.818. The second-order valence-corrected chi connectivity index (χ2v) is 4.09. The molecule has 2 unspecified atom stereocenters. The van der Waals surface area contributed by atoms with Gasteiger partial charge in [0.15, 0.2) is 0 Å². The minimum Gasteiger partial charge on any atom is -0.0822 e. The molecule has 3 atom stereocenters. The highest BCUT2D eigenvalue weighted by Crippen LogP contribution is 2.33. The van der Waals surface area contributed by atoms with Crippen LogP contribution in [-0.4, -0.2) is 0 Å². The maximum absolute atomic E-state index is 2.46. The van der Waals surface area contributed by atoms with Crippen LogP contribution in [0.15, 0.2) is 11.6 Å². The van der Waals surface area contributed by atoms with Crippen molar-refractivity contribution >= 4 is 0 Å². The molecule has 1 rings (SSSR count). The first kappa shape index (κ1) is 8.83. The van der Waals surface area contributed by atoms with Crippen LogP contribution in [0.4, 0.5) is 0 Å². The van der Waals surface area contributed by atoms with Gasteiger partial charge in [-0.05, 0) is 37.5 Å². The van der Waals surface area contributed by atoms with Gasteiger partial charge >= 0.3 is 0 Å². The Balaban J connectivity index is 2.68. The van der Waals surface area contributed by atoms with Crippen molar-refractivity contribution in [3.8, 4) is 0 Å². The van der Waals surface area contributed by atoms with Gasteiger partial charge in [0.2, 0.25) is 0 Å². The van der Waals surface area contributed by atoms with E-state index in [-0.39, 0.29) is 0 Å². The molecule has 1 aliphatic rings. The average molecular weight is 152 g/mol. The smallest absolute Gasteiger partial charge is 0.0206 e. The van der Waals surface area contributed by atoms with Crippen LogP contribution in [0.25, 0.3) is 0 Å². The summed E-state index contributed by atoms with van der Waals surface area (Å²) in [6.07, 6.45) is 5.18. The van der Waals surface area contributed by atoms with Crippen LogP contribution >= 0.6 is 0 Å². The fourth-order valence-corrected chi connectivity index (χ4v) is 2.05. The fourth-order valence-electron chi connectivity index (χ4n) is 2.05. The molecule has 0 amide bonds. The zero-order chi connectivity index (χ0) is 8.43. The lowest BCUT2D eigenvalue weighted by atomic mass is 9.76. The average Bonchev–Trinajstić information content (AvgIpc) is 1.97. The second kappa shape index (κ2) is 3.42. The summed E-state index contributed by atoms with van der Waals surface area (Å²) < 4.78 is 0. The summed E-state index contributed by atoms with van der Waals surface area (Å²) in [4.78, 5) is 0. The van der Waals surface area contributed by atoms with Gasteiger partial charge in [-0.3, -0.25) is 0 Å². The van der Waals surface area contributed by atoms with Crippen molar-refractivity contribution in [2.24, 2.45) is 17.8 Å². The first-order valence-corrected chi connectivity index (χ1v) is 4.83. The Morgan fingerprint density at radius 3 is 2.64 bits per heavy atom. The van der Waals surface area contributed by atoms with E-state index in [9.17, 15) is 0 Å². The van der Waals surface area contributed by atoms with Crippen LogP contribution in [0.3, 0.4) is 0 Å². The van der Waals surface area contributed by atoms with Gasteiger partial charge in [0.05, 0.1) is 0 Å². The van der Waals surface area contributed by atoms with Crippen LogP contribution in [0, 0.1) is 17.8 Å². The van der Waals surface area contributed by atoms with Crippen molar-refractivity contribution in [3.63, 3.8) is 0 Å². The molecule has 0 spiro atoms. The van der Waals surface area contributed by atoms with Crippen molar-refractivity contribution in [1.29, 1.82) is 0 Å². The van der Waals surface area contributed by atoms with E-state index in [0.29, 0.717) is 0 Å². The topological polar surface area (TPSA) is 0 Å². The molecule has 0 aromatic rings. The van der Waals surface area contributed by atoms with Gasteiger partial charge < -0.3 is 0 Å². The number of hydrogen-bond acceptors (Lipinski definition) is 0. The summed E-state index contributed by atoms with van der Waals surface area (Å²) in [7, 11) is 0. The monoisotopic (exact) mass is 152 g/mol. The summed E-state index contributed by atoms with van der Waals surface area (Å²) in [6, 6.07) is 0. The van der Waals surface area contributed by atoms with E-state index in [1.54, 1.807) is 5.57 Å². The van der Waals surface area contributed by atoms with E-state index in [1.165, 1.54) is 12.8 Å². The van der Waals surface area contributed by atoms with Crippen LogP contribution in [-0.2, 0) is 0 Å². The molecule has 11 heavy (non-hydrogen) atoms. The van der Waals surface area contributed by atoms with Gasteiger partial charge in [-0.25, -0.2) is 0 Å². The highest BCUT2D eigenvalue weighted by atomic mass is 14.3. The quantitative estimate of drug-likeness (QED) is 0.503. The molecular weight excluding hydrogens is 132 g/mol. The maximum atomic E-state index is 2.46. The van der Waals surface area contributed by atoms with E-state index in [4.69, 9.17) is 0 Å². The van der Waals surface area contributed by atoms with E-state index < -0.39 is 0 Å². The molecule has 0 saturated carbocycles. The van der Waals surface area contributed by atoms with Gasteiger partial charge in [-0.15, -0.1) is 0 Å². The Bertz CT molecular complexity index is 155. The van der Waals surface area contributed by atoms with E-state index >= 15 is 0 Å². The lowest BCUT2D eigenvalue weighted by Crippen LogP contribution is -2.18. The molecule has 1 aliphatic carbocycles. The standard InChI is InChI=1S/C11H20/c1-5-11-7-9(3)8(2)6-10(11)4/h6,8-9,11H,5,7H2,1-4H3/t8?,9?,11-/m1/s1. The SMILES string of the molecule is CC[C@@H]1CC(C)C(C)C=C1C. The molecule has 0 aromatic carbocycles. The maximum Gasteiger partial charge on any atom is -0.0206 e. The zero-order valence-corrected chi connectivity index (χ0v) is 8.22. The third-order valence-electron chi connectivity index (χ3n) is 3.22. The Labute approximate surface area is 70.7 Å². The summed E-state index contributed by atoms with van der Waals surface area (Å²) >= 11 is 0. The second-order valence-electron chi connectivity index (χ2n) is 4.09. The first-order chi connectivity index (χ1) is 5.15. The van der Waals surface area contributed by atoms with Gasteiger partial charge in [-0.2, -0.15) is 0 Å². The largest absolute Gasteiger partial charge is 0.0822 e. The van der Waals surface area contributed by atoms with Crippen molar-refractivity contribution in [3.05, 3.63) is 11.6 Å². The molecule has 0 heterocycles. The number of allylic oxidation sites excluding steroid dienone is 2. The highest BCUT2D eigenvalue weighted by molar-refractivity contribution is 5.09. The Morgan fingerprint density at radius 2 is 2.09 bits per heavy atom. The lowest BCUT2D eigenvalue weighted by Gasteiger charge is -2.29. The van der Waals surface area contributed by atoms with Crippen LogP contribution in [0.5, 0.6) is 0 Å². The number of rotatable bonds is 1. The minimum absolute atomic E-state index is 0.804.